The number of amides is 1. The summed E-state index contributed by atoms with van der Waals surface area (Å²) in [7, 11) is 0. The Morgan fingerprint density at radius 1 is 1.39 bits per heavy atom. The molecule has 3 rings (SSSR count). The van der Waals surface area contributed by atoms with Gasteiger partial charge >= 0.3 is 12.1 Å². The highest BCUT2D eigenvalue weighted by molar-refractivity contribution is 9.10. The van der Waals surface area contributed by atoms with E-state index in [0.29, 0.717) is 9.61 Å². The van der Waals surface area contributed by atoms with Crippen LogP contribution in [0.2, 0.25) is 0 Å². The molecule has 2 atom stereocenters. The minimum atomic E-state index is -1.16. The van der Waals surface area contributed by atoms with E-state index in [0.717, 1.165) is 39.1 Å². The first-order valence-corrected chi connectivity index (χ1v) is 10.9. The maximum atomic E-state index is 12.3. The number of alkyl carbamates (subject to hydrolysis) is 1. The van der Waals surface area contributed by atoms with Crippen molar-refractivity contribution in [3.8, 4) is 0 Å². The SMILES string of the molecule is CC(C)(C)OC(=O)N[C@H](C(=O)O)[C@@H](c1nc(Br)cs1)N1CC2(CCOCC2)C1. The smallest absolute Gasteiger partial charge is 0.408 e. The van der Waals surface area contributed by atoms with Gasteiger partial charge in [0.25, 0.3) is 0 Å². The molecule has 3 heterocycles. The van der Waals surface area contributed by atoms with Gasteiger partial charge in [0.1, 0.15) is 15.2 Å². The Kier molecular flexibility index (Phi) is 6.33. The molecule has 1 spiro atoms. The molecule has 156 valence electrons. The van der Waals surface area contributed by atoms with Crippen LogP contribution in [0.15, 0.2) is 9.98 Å². The van der Waals surface area contributed by atoms with Gasteiger partial charge in [0, 0.05) is 37.1 Å². The summed E-state index contributed by atoms with van der Waals surface area (Å²) in [5, 5.41) is 14.9. The Labute approximate surface area is 176 Å². The van der Waals surface area contributed by atoms with Gasteiger partial charge in [0.05, 0.1) is 6.04 Å². The van der Waals surface area contributed by atoms with Crippen LogP contribution in [0.4, 0.5) is 4.79 Å². The van der Waals surface area contributed by atoms with Crippen LogP contribution < -0.4 is 5.32 Å². The van der Waals surface area contributed by atoms with Crippen LogP contribution in [0.1, 0.15) is 44.7 Å². The van der Waals surface area contributed by atoms with Gasteiger partial charge in [-0.15, -0.1) is 11.3 Å². The second-order valence-corrected chi connectivity index (χ2v) is 10.1. The van der Waals surface area contributed by atoms with Crippen LogP contribution in [-0.2, 0) is 14.3 Å². The Balaban J connectivity index is 1.80. The van der Waals surface area contributed by atoms with Crippen LogP contribution in [0.5, 0.6) is 0 Å². The van der Waals surface area contributed by atoms with Gasteiger partial charge in [0.15, 0.2) is 6.04 Å². The molecule has 28 heavy (non-hydrogen) atoms. The number of carboxylic acids is 1. The fourth-order valence-corrected chi connectivity index (χ4v) is 5.19. The Morgan fingerprint density at radius 3 is 2.54 bits per heavy atom. The van der Waals surface area contributed by atoms with E-state index in [2.05, 4.69) is 31.1 Å². The van der Waals surface area contributed by atoms with Crippen molar-refractivity contribution < 1.29 is 24.2 Å². The molecule has 1 aromatic heterocycles. The van der Waals surface area contributed by atoms with E-state index in [9.17, 15) is 14.7 Å². The molecule has 2 saturated heterocycles. The molecule has 10 heteroatoms. The number of carbonyl (C=O) groups is 2. The zero-order chi connectivity index (χ0) is 20.5. The third-order valence-electron chi connectivity index (χ3n) is 5.02. The third-order valence-corrected chi connectivity index (χ3v) is 6.65. The van der Waals surface area contributed by atoms with Gasteiger partial charge < -0.3 is 19.9 Å². The van der Waals surface area contributed by atoms with Gasteiger partial charge in [-0.25, -0.2) is 14.6 Å². The van der Waals surface area contributed by atoms with Gasteiger partial charge in [-0.1, -0.05) is 0 Å². The van der Waals surface area contributed by atoms with Crippen LogP contribution in [0, 0.1) is 5.41 Å². The van der Waals surface area contributed by atoms with Crippen molar-refractivity contribution in [3.05, 3.63) is 15.0 Å². The lowest BCUT2D eigenvalue weighted by molar-refractivity contribution is -0.147. The molecule has 0 radical (unpaired) electrons. The number of halogens is 1. The summed E-state index contributed by atoms with van der Waals surface area (Å²) in [6.45, 7) is 8.21. The summed E-state index contributed by atoms with van der Waals surface area (Å²) in [6.07, 6.45) is 1.19. The molecule has 8 nitrogen and oxygen atoms in total. The van der Waals surface area contributed by atoms with Crippen molar-refractivity contribution in [1.29, 1.82) is 0 Å². The Bertz CT molecular complexity index is 721. The summed E-state index contributed by atoms with van der Waals surface area (Å²) in [4.78, 5) is 30.9. The highest BCUT2D eigenvalue weighted by Gasteiger charge is 2.50. The number of carboxylic acid groups (broad SMARTS) is 1. The van der Waals surface area contributed by atoms with Crippen LogP contribution >= 0.6 is 27.3 Å². The minimum absolute atomic E-state index is 0.167. The van der Waals surface area contributed by atoms with E-state index in [1.807, 2.05) is 5.38 Å². The zero-order valence-corrected chi connectivity index (χ0v) is 18.6. The van der Waals surface area contributed by atoms with Crippen LogP contribution in [0.25, 0.3) is 0 Å². The van der Waals surface area contributed by atoms with E-state index < -0.39 is 29.7 Å². The molecule has 0 bridgehead atoms. The monoisotopic (exact) mass is 475 g/mol. The fourth-order valence-electron chi connectivity index (χ4n) is 3.76. The van der Waals surface area contributed by atoms with Crippen LogP contribution in [-0.4, -0.2) is 65.0 Å². The lowest BCUT2D eigenvalue weighted by atomic mass is 9.72. The number of rotatable bonds is 5. The van der Waals surface area contributed by atoms with Crippen molar-refractivity contribution in [3.63, 3.8) is 0 Å². The topological polar surface area (TPSA) is 101 Å². The number of nitrogens with zero attached hydrogens (tertiary/aromatic N) is 2. The standard InChI is InChI=1S/C18H26BrN3O5S/c1-17(2,3)27-16(25)21-12(15(23)24)13(14-20-11(19)8-28-14)22-9-18(10-22)4-6-26-7-5-18/h8,12-13H,4-7,9-10H2,1-3H3,(H,21,25)(H,23,24)/t12-,13-/m0/s1. The Morgan fingerprint density at radius 2 is 2.04 bits per heavy atom. The van der Waals surface area contributed by atoms with E-state index in [1.54, 1.807) is 20.8 Å². The molecule has 1 amide bonds. The van der Waals surface area contributed by atoms with Gasteiger partial charge in [0.2, 0.25) is 0 Å². The molecule has 0 unspecified atom stereocenters. The second kappa shape index (κ2) is 8.25. The summed E-state index contributed by atoms with van der Waals surface area (Å²) in [5.41, 5.74) is -0.546. The summed E-state index contributed by atoms with van der Waals surface area (Å²) in [5.74, 6) is -1.12. The highest BCUT2D eigenvalue weighted by Crippen LogP contribution is 2.45. The van der Waals surface area contributed by atoms with Crippen LogP contribution in [0.3, 0.4) is 0 Å². The molecule has 1 aromatic rings. The number of hydrogen-bond donors (Lipinski definition) is 2. The first kappa shape index (κ1) is 21.5. The average molecular weight is 476 g/mol. The maximum Gasteiger partial charge on any atom is 0.408 e. The first-order valence-electron chi connectivity index (χ1n) is 9.24. The second-order valence-electron chi connectivity index (χ2n) is 8.43. The number of thiazole rings is 1. The molecule has 2 N–H and O–H groups in total. The fraction of sp³-hybridized carbons (Fsp3) is 0.722. The zero-order valence-electron chi connectivity index (χ0n) is 16.2. The lowest BCUT2D eigenvalue weighted by Gasteiger charge is -2.55. The normalized spacial score (nSPS) is 21.6. The first-order chi connectivity index (χ1) is 13.1. The number of hydrogen-bond acceptors (Lipinski definition) is 7. The number of ether oxygens (including phenoxy) is 2. The van der Waals surface area contributed by atoms with Crippen molar-refractivity contribution in [2.45, 2.75) is 51.3 Å². The Hall–Kier alpha value is -1.23. The third kappa shape index (κ3) is 5.03. The van der Waals surface area contributed by atoms with Crippen molar-refractivity contribution >= 4 is 39.3 Å². The highest BCUT2D eigenvalue weighted by atomic mass is 79.9. The number of nitrogens with one attached hydrogen (secondary N) is 1. The molecule has 2 aliphatic rings. The van der Waals surface area contributed by atoms with E-state index in [1.165, 1.54) is 11.3 Å². The number of carbonyl (C=O) groups excluding carboxylic acids is 1. The summed E-state index contributed by atoms with van der Waals surface area (Å²) in [6, 6.07) is -1.72. The van der Waals surface area contributed by atoms with E-state index in [4.69, 9.17) is 9.47 Å². The molecule has 2 fully saturated rings. The number of aliphatic carboxylic acids is 1. The van der Waals surface area contributed by atoms with Gasteiger partial charge in [-0.3, -0.25) is 4.90 Å². The average Bonchev–Trinajstić information content (AvgIpc) is 2.98. The molecule has 0 aromatic carbocycles. The van der Waals surface area contributed by atoms with Crippen molar-refractivity contribution in [2.75, 3.05) is 26.3 Å². The van der Waals surface area contributed by atoms with Crippen molar-refractivity contribution in [2.24, 2.45) is 5.41 Å². The quantitative estimate of drug-likeness (QED) is 0.674. The molecular formula is C18H26BrN3O5S. The predicted octanol–water partition coefficient (Wildman–Crippen LogP) is 3.04. The predicted molar refractivity (Wildman–Crippen MR) is 107 cm³/mol. The van der Waals surface area contributed by atoms with Gasteiger partial charge in [-0.2, -0.15) is 0 Å². The largest absolute Gasteiger partial charge is 0.480 e. The number of aromatic nitrogens is 1. The molecule has 0 saturated carbocycles. The van der Waals surface area contributed by atoms with Crippen molar-refractivity contribution in [1.82, 2.24) is 15.2 Å². The molecular weight excluding hydrogens is 450 g/mol. The summed E-state index contributed by atoms with van der Waals surface area (Å²) < 4.78 is 11.4. The maximum absolute atomic E-state index is 12.3. The van der Waals surface area contributed by atoms with Gasteiger partial charge in [-0.05, 0) is 49.5 Å². The lowest BCUT2D eigenvalue weighted by Crippen LogP contribution is -2.63. The van der Waals surface area contributed by atoms with E-state index in [-0.39, 0.29) is 5.41 Å². The molecule has 2 aliphatic heterocycles. The number of likely N-dealkylation sites (tertiary alicyclic amines) is 1. The van der Waals surface area contributed by atoms with E-state index >= 15 is 0 Å². The summed E-state index contributed by atoms with van der Waals surface area (Å²) >= 11 is 4.72. The minimum Gasteiger partial charge on any atom is -0.480 e. The molecule has 0 aliphatic carbocycles.